The number of nitrogens with zero attached hydrogens (tertiary/aromatic N) is 2. The number of carbonyl (C=O) groups is 2. The summed E-state index contributed by atoms with van der Waals surface area (Å²) in [6.45, 7) is 3.87. The van der Waals surface area contributed by atoms with Gasteiger partial charge in [0.05, 0.1) is 5.69 Å². The van der Waals surface area contributed by atoms with E-state index in [1.165, 1.54) is 17.0 Å². The van der Waals surface area contributed by atoms with Gasteiger partial charge in [-0.15, -0.1) is 0 Å². The fraction of sp³-hybridized carbons (Fsp3) is 0.217. The Balaban J connectivity index is 2.49. The molecule has 1 aromatic heterocycles. The molecule has 3 aromatic rings. The highest BCUT2D eigenvalue weighted by molar-refractivity contribution is 6.08. The van der Waals surface area contributed by atoms with E-state index < -0.39 is 0 Å². The van der Waals surface area contributed by atoms with Crippen LogP contribution in [0.4, 0.5) is 4.39 Å². The predicted octanol–water partition coefficient (Wildman–Crippen LogP) is 5.06. The lowest BCUT2D eigenvalue weighted by atomic mass is 9.94. The van der Waals surface area contributed by atoms with Gasteiger partial charge in [-0.05, 0) is 37.1 Å². The van der Waals surface area contributed by atoms with Crippen LogP contribution in [-0.2, 0) is 0 Å². The molecule has 0 bridgehead atoms. The lowest BCUT2D eigenvalue weighted by molar-refractivity contribution is 0.0816. The van der Waals surface area contributed by atoms with Crippen molar-refractivity contribution in [2.24, 2.45) is 0 Å². The van der Waals surface area contributed by atoms with Crippen LogP contribution in [0.25, 0.3) is 22.3 Å². The third kappa shape index (κ3) is 3.36. The highest BCUT2D eigenvalue weighted by Gasteiger charge is 2.30. The molecule has 1 amide bonds. The molecule has 0 spiro atoms. The van der Waals surface area contributed by atoms with E-state index in [9.17, 15) is 14.0 Å². The van der Waals surface area contributed by atoms with E-state index in [-0.39, 0.29) is 17.8 Å². The van der Waals surface area contributed by atoms with Crippen molar-refractivity contribution >= 4 is 12.2 Å². The maximum Gasteiger partial charge on any atom is 0.270 e. The third-order valence-electron chi connectivity index (χ3n) is 4.68. The molecule has 2 aromatic carbocycles. The van der Waals surface area contributed by atoms with Gasteiger partial charge in [-0.25, -0.2) is 4.39 Å². The Morgan fingerprint density at radius 1 is 0.964 bits per heavy atom. The van der Waals surface area contributed by atoms with Gasteiger partial charge < -0.3 is 9.47 Å². The minimum Gasteiger partial charge on any atom is -0.343 e. The van der Waals surface area contributed by atoms with Crippen molar-refractivity contribution in [3.63, 3.8) is 0 Å². The van der Waals surface area contributed by atoms with Crippen LogP contribution in [0, 0.1) is 5.82 Å². The highest BCUT2D eigenvalue weighted by Crippen LogP contribution is 2.41. The third-order valence-corrected chi connectivity index (χ3v) is 4.68. The van der Waals surface area contributed by atoms with Crippen molar-refractivity contribution in [1.82, 2.24) is 9.47 Å². The summed E-state index contributed by atoms with van der Waals surface area (Å²) >= 11 is 0. The molecule has 1 heterocycles. The summed E-state index contributed by atoms with van der Waals surface area (Å²) < 4.78 is 15.3. The Morgan fingerprint density at radius 2 is 1.54 bits per heavy atom. The van der Waals surface area contributed by atoms with Crippen LogP contribution in [0.1, 0.15) is 40.9 Å². The van der Waals surface area contributed by atoms with E-state index in [1.807, 2.05) is 44.2 Å². The minimum atomic E-state index is -0.356. The molecule has 3 rings (SSSR count). The number of hydrogen-bond acceptors (Lipinski definition) is 2. The first-order valence-corrected chi connectivity index (χ1v) is 9.13. The fourth-order valence-corrected chi connectivity index (χ4v) is 3.48. The lowest BCUT2D eigenvalue weighted by Gasteiger charge is -2.18. The molecule has 0 aliphatic rings. The van der Waals surface area contributed by atoms with Crippen molar-refractivity contribution in [3.8, 4) is 22.3 Å². The summed E-state index contributed by atoms with van der Waals surface area (Å²) in [6, 6.07) is 15.4. The quantitative estimate of drug-likeness (QED) is 0.583. The number of halogens is 1. The number of aromatic nitrogens is 1. The van der Waals surface area contributed by atoms with Gasteiger partial charge in [-0.3, -0.25) is 9.59 Å². The second-order valence-corrected chi connectivity index (χ2v) is 7.14. The van der Waals surface area contributed by atoms with Gasteiger partial charge in [0.2, 0.25) is 0 Å². The van der Waals surface area contributed by atoms with Crippen molar-refractivity contribution in [2.45, 2.75) is 19.9 Å². The average Bonchev–Trinajstić information content (AvgIpc) is 3.03. The molecule has 0 fully saturated rings. The second kappa shape index (κ2) is 7.80. The number of hydrogen-bond donors (Lipinski definition) is 0. The zero-order valence-electron chi connectivity index (χ0n) is 16.4. The molecular formula is C23H23FN2O2. The number of amides is 1. The van der Waals surface area contributed by atoms with Crippen LogP contribution < -0.4 is 0 Å². The Bertz CT molecular complexity index is 1000. The molecule has 0 saturated heterocycles. The Kier molecular flexibility index (Phi) is 5.45. The summed E-state index contributed by atoms with van der Waals surface area (Å²) in [6.07, 6.45) is 0.775. The van der Waals surface area contributed by atoms with Gasteiger partial charge in [0.15, 0.2) is 6.29 Å². The average molecular weight is 378 g/mol. The lowest BCUT2D eigenvalue weighted by Crippen LogP contribution is -2.26. The standard InChI is InChI=1S/C23H23FN2O2/c1-15(2)26-19(14-27)20(17-10-12-18(24)13-11-17)21(16-8-6-5-7-9-16)22(26)23(28)25(3)4/h5-15H,1-4H3. The van der Waals surface area contributed by atoms with Crippen LogP contribution in [0.5, 0.6) is 0 Å². The second-order valence-electron chi connectivity index (χ2n) is 7.14. The molecule has 4 nitrogen and oxygen atoms in total. The maximum absolute atomic E-state index is 13.5. The van der Waals surface area contributed by atoms with E-state index in [1.54, 1.807) is 30.8 Å². The van der Waals surface area contributed by atoms with Crippen molar-refractivity contribution in [1.29, 1.82) is 0 Å². The normalized spacial score (nSPS) is 10.9. The molecule has 0 radical (unpaired) electrons. The molecule has 0 aliphatic carbocycles. The van der Waals surface area contributed by atoms with Crippen molar-refractivity contribution in [2.75, 3.05) is 14.1 Å². The molecule has 0 unspecified atom stereocenters. The van der Waals surface area contributed by atoms with Crippen LogP contribution in [0.3, 0.4) is 0 Å². The molecular weight excluding hydrogens is 355 g/mol. The van der Waals surface area contributed by atoms with Crippen molar-refractivity contribution in [3.05, 3.63) is 71.8 Å². The van der Waals surface area contributed by atoms with Crippen molar-refractivity contribution < 1.29 is 14.0 Å². The van der Waals surface area contributed by atoms with Crippen LogP contribution in [0.2, 0.25) is 0 Å². The molecule has 0 aliphatic heterocycles. The topological polar surface area (TPSA) is 42.3 Å². The Hall–Kier alpha value is -3.21. The van der Waals surface area contributed by atoms with Crippen LogP contribution >= 0.6 is 0 Å². The largest absolute Gasteiger partial charge is 0.343 e. The molecule has 0 N–H and O–H groups in total. The maximum atomic E-state index is 13.5. The minimum absolute atomic E-state index is 0.115. The SMILES string of the molecule is CC(C)n1c(C=O)c(-c2ccc(F)cc2)c(-c2ccccc2)c1C(=O)N(C)C. The zero-order valence-corrected chi connectivity index (χ0v) is 16.4. The van der Waals surface area contributed by atoms with Crippen LogP contribution in [-0.4, -0.2) is 35.8 Å². The number of benzene rings is 2. The first-order chi connectivity index (χ1) is 13.4. The fourth-order valence-electron chi connectivity index (χ4n) is 3.48. The van der Waals surface area contributed by atoms with Gasteiger partial charge in [0, 0.05) is 31.3 Å². The summed E-state index contributed by atoms with van der Waals surface area (Å²) in [7, 11) is 3.37. The molecule has 144 valence electrons. The van der Waals surface area contributed by atoms with E-state index in [0.29, 0.717) is 28.1 Å². The number of carbonyl (C=O) groups excluding carboxylic acids is 2. The van der Waals surface area contributed by atoms with Gasteiger partial charge in [-0.2, -0.15) is 0 Å². The molecule has 0 atom stereocenters. The first kappa shape index (κ1) is 19.5. The summed E-state index contributed by atoms with van der Waals surface area (Å²) in [5.74, 6) is -0.547. The van der Waals surface area contributed by atoms with E-state index in [4.69, 9.17) is 0 Å². The molecule has 28 heavy (non-hydrogen) atoms. The summed E-state index contributed by atoms with van der Waals surface area (Å²) in [5.41, 5.74) is 3.70. The van der Waals surface area contributed by atoms with Gasteiger partial charge in [-0.1, -0.05) is 42.5 Å². The van der Waals surface area contributed by atoms with E-state index in [0.717, 1.165) is 11.8 Å². The first-order valence-electron chi connectivity index (χ1n) is 9.13. The zero-order chi connectivity index (χ0) is 20.4. The van der Waals surface area contributed by atoms with E-state index in [2.05, 4.69) is 0 Å². The monoisotopic (exact) mass is 378 g/mol. The summed E-state index contributed by atoms with van der Waals surface area (Å²) in [4.78, 5) is 26.8. The number of aldehydes is 1. The van der Waals surface area contributed by atoms with E-state index >= 15 is 0 Å². The highest BCUT2D eigenvalue weighted by atomic mass is 19.1. The van der Waals surface area contributed by atoms with Gasteiger partial charge in [0.25, 0.3) is 5.91 Å². The molecule has 5 heteroatoms. The number of rotatable bonds is 5. The smallest absolute Gasteiger partial charge is 0.270 e. The summed E-state index contributed by atoms with van der Waals surface area (Å²) in [5, 5.41) is 0. The van der Waals surface area contributed by atoms with Crippen LogP contribution in [0.15, 0.2) is 54.6 Å². The predicted molar refractivity (Wildman–Crippen MR) is 109 cm³/mol. The van der Waals surface area contributed by atoms with Gasteiger partial charge >= 0.3 is 0 Å². The van der Waals surface area contributed by atoms with Gasteiger partial charge in [0.1, 0.15) is 11.5 Å². The molecule has 0 saturated carbocycles. The Morgan fingerprint density at radius 3 is 2.04 bits per heavy atom. The Labute approximate surface area is 164 Å².